The average Bonchev–Trinajstić information content (AvgIpc) is 2.85. The molecule has 0 unspecified atom stereocenters. The number of aromatic nitrogens is 1. The number of aryl methyl sites for hydroxylation is 2. The van der Waals surface area contributed by atoms with Gasteiger partial charge in [0, 0.05) is 18.5 Å². The lowest BCUT2D eigenvalue weighted by Gasteiger charge is -2.04. The molecule has 1 aromatic carbocycles. The minimum Gasteiger partial charge on any atom is -0.396 e. The Morgan fingerprint density at radius 2 is 2.00 bits per heavy atom. The van der Waals surface area contributed by atoms with E-state index in [1.807, 2.05) is 19.9 Å². The molecule has 0 bridgehead atoms. The fraction of sp³-hybridized carbons (Fsp3) is 0.529. The van der Waals surface area contributed by atoms with Crippen LogP contribution in [0.4, 0.5) is 0 Å². The minimum atomic E-state index is -0.0302. The van der Waals surface area contributed by atoms with Gasteiger partial charge in [-0.15, -0.1) is 0 Å². The van der Waals surface area contributed by atoms with Crippen LogP contribution >= 0.6 is 0 Å². The van der Waals surface area contributed by atoms with E-state index in [0.717, 1.165) is 47.8 Å². The normalized spacial score (nSPS) is 11.0. The third-order valence-electron chi connectivity index (χ3n) is 3.72. The fourth-order valence-electron chi connectivity index (χ4n) is 2.67. The van der Waals surface area contributed by atoms with E-state index < -0.39 is 0 Å². The van der Waals surface area contributed by atoms with Crippen LogP contribution in [-0.2, 0) is 11.2 Å². The fourth-order valence-corrected chi connectivity index (χ4v) is 2.67. The van der Waals surface area contributed by atoms with Crippen molar-refractivity contribution >= 4 is 16.9 Å². The van der Waals surface area contributed by atoms with Crippen molar-refractivity contribution in [3.05, 3.63) is 29.0 Å². The van der Waals surface area contributed by atoms with Crippen LogP contribution in [0.2, 0.25) is 0 Å². The third kappa shape index (κ3) is 4.31. The lowest BCUT2D eigenvalue weighted by atomic mass is 10.0. The molecule has 0 aliphatic carbocycles. The zero-order chi connectivity index (χ0) is 15.9. The summed E-state index contributed by atoms with van der Waals surface area (Å²) in [6.45, 7) is 4.93. The molecule has 0 aliphatic rings. The van der Waals surface area contributed by atoms with Crippen LogP contribution in [0.5, 0.6) is 0 Å². The lowest BCUT2D eigenvalue weighted by Crippen LogP contribution is -2.26. The number of hydrogen-bond donors (Lipinski definition) is 2. The standard InChI is InChI=1S/C17H24N2O3/c1-12-9-13(2)17-14(19-22-15(17)10-12)11-16(21)18-7-5-3-4-6-8-20/h9-10,20H,3-8,11H2,1-2H3,(H,18,21). The second-order valence-corrected chi connectivity index (χ2v) is 5.75. The zero-order valence-corrected chi connectivity index (χ0v) is 13.3. The van der Waals surface area contributed by atoms with Gasteiger partial charge in [-0.1, -0.05) is 24.1 Å². The van der Waals surface area contributed by atoms with Crippen molar-refractivity contribution in [1.82, 2.24) is 10.5 Å². The van der Waals surface area contributed by atoms with Crippen LogP contribution in [0.25, 0.3) is 11.0 Å². The molecule has 2 rings (SSSR count). The summed E-state index contributed by atoms with van der Waals surface area (Å²) in [5.41, 5.74) is 3.65. The Hall–Kier alpha value is -1.88. The minimum absolute atomic E-state index is 0.0302. The van der Waals surface area contributed by atoms with Gasteiger partial charge >= 0.3 is 0 Å². The molecular formula is C17H24N2O3. The molecule has 0 fully saturated rings. The van der Waals surface area contributed by atoms with Crippen LogP contribution in [0, 0.1) is 13.8 Å². The molecule has 0 aliphatic heterocycles. The molecule has 2 N–H and O–H groups in total. The van der Waals surface area contributed by atoms with E-state index in [-0.39, 0.29) is 18.9 Å². The van der Waals surface area contributed by atoms with E-state index in [1.54, 1.807) is 0 Å². The van der Waals surface area contributed by atoms with E-state index in [0.29, 0.717) is 12.2 Å². The summed E-state index contributed by atoms with van der Waals surface area (Å²) < 4.78 is 5.33. The molecule has 1 heterocycles. The predicted octanol–water partition coefficient (Wildman–Crippen LogP) is 2.66. The molecule has 5 nitrogen and oxygen atoms in total. The van der Waals surface area contributed by atoms with Crippen molar-refractivity contribution < 1.29 is 14.4 Å². The van der Waals surface area contributed by atoms with Crippen LogP contribution in [0.1, 0.15) is 42.5 Å². The Kier molecular flexibility index (Phi) is 5.95. The molecule has 22 heavy (non-hydrogen) atoms. The largest absolute Gasteiger partial charge is 0.396 e. The second-order valence-electron chi connectivity index (χ2n) is 5.75. The van der Waals surface area contributed by atoms with Crippen molar-refractivity contribution in [1.29, 1.82) is 0 Å². The highest BCUT2D eigenvalue weighted by molar-refractivity contribution is 5.88. The Morgan fingerprint density at radius 3 is 2.77 bits per heavy atom. The highest BCUT2D eigenvalue weighted by Gasteiger charge is 2.14. The number of carbonyl (C=O) groups is 1. The maximum Gasteiger partial charge on any atom is 0.226 e. The number of unbranched alkanes of at least 4 members (excludes halogenated alkanes) is 3. The molecule has 0 spiro atoms. The van der Waals surface area contributed by atoms with Gasteiger partial charge in [-0.25, -0.2) is 0 Å². The van der Waals surface area contributed by atoms with Gasteiger partial charge in [0.15, 0.2) is 5.58 Å². The van der Waals surface area contributed by atoms with Crippen molar-refractivity contribution in [3.63, 3.8) is 0 Å². The first kappa shape index (κ1) is 16.5. The third-order valence-corrected chi connectivity index (χ3v) is 3.72. The van der Waals surface area contributed by atoms with Gasteiger partial charge in [-0.05, 0) is 43.9 Å². The second kappa shape index (κ2) is 7.94. The van der Waals surface area contributed by atoms with E-state index in [1.165, 1.54) is 0 Å². The number of nitrogens with zero attached hydrogens (tertiary/aromatic N) is 1. The summed E-state index contributed by atoms with van der Waals surface area (Å²) in [7, 11) is 0. The quantitative estimate of drug-likeness (QED) is 0.735. The number of fused-ring (bicyclic) bond motifs is 1. The van der Waals surface area contributed by atoms with Gasteiger partial charge in [-0.3, -0.25) is 4.79 Å². The molecule has 0 saturated carbocycles. The van der Waals surface area contributed by atoms with Crippen LogP contribution in [0.15, 0.2) is 16.7 Å². The topological polar surface area (TPSA) is 75.4 Å². The van der Waals surface area contributed by atoms with Crippen LogP contribution < -0.4 is 5.32 Å². The Bertz CT molecular complexity index is 634. The van der Waals surface area contributed by atoms with Crippen molar-refractivity contribution in [2.75, 3.05) is 13.2 Å². The maximum atomic E-state index is 12.0. The van der Waals surface area contributed by atoms with Gasteiger partial charge < -0.3 is 14.9 Å². The summed E-state index contributed by atoms with van der Waals surface area (Å²) in [6, 6.07) is 4.01. The number of nitrogens with one attached hydrogen (secondary N) is 1. The Morgan fingerprint density at radius 1 is 1.23 bits per heavy atom. The molecule has 1 amide bonds. The average molecular weight is 304 g/mol. The van der Waals surface area contributed by atoms with Crippen molar-refractivity contribution in [2.24, 2.45) is 0 Å². The number of aliphatic hydroxyl groups excluding tert-OH is 1. The molecule has 2 aromatic rings. The zero-order valence-electron chi connectivity index (χ0n) is 13.3. The highest BCUT2D eigenvalue weighted by Crippen LogP contribution is 2.24. The number of carbonyl (C=O) groups excluding carboxylic acids is 1. The van der Waals surface area contributed by atoms with Crippen LogP contribution in [-0.4, -0.2) is 29.3 Å². The molecule has 1 aromatic heterocycles. The summed E-state index contributed by atoms with van der Waals surface area (Å²) in [6.07, 6.45) is 4.03. The van der Waals surface area contributed by atoms with E-state index in [4.69, 9.17) is 9.63 Å². The van der Waals surface area contributed by atoms with Gasteiger partial charge in [0.05, 0.1) is 6.42 Å². The number of rotatable bonds is 8. The van der Waals surface area contributed by atoms with Crippen LogP contribution in [0.3, 0.4) is 0 Å². The molecule has 120 valence electrons. The van der Waals surface area contributed by atoms with Gasteiger partial charge in [0.1, 0.15) is 5.69 Å². The number of hydrogen-bond acceptors (Lipinski definition) is 4. The highest BCUT2D eigenvalue weighted by atomic mass is 16.5. The Labute approximate surface area is 130 Å². The van der Waals surface area contributed by atoms with E-state index >= 15 is 0 Å². The summed E-state index contributed by atoms with van der Waals surface area (Å²) in [5, 5.41) is 16.6. The number of benzene rings is 1. The summed E-state index contributed by atoms with van der Waals surface area (Å²) in [5.74, 6) is -0.0302. The van der Waals surface area contributed by atoms with E-state index in [2.05, 4.69) is 16.5 Å². The summed E-state index contributed by atoms with van der Waals surface area (Å²) in [4.78, 5) is 12.0. The number of amides is 1. The first-order valence-corrected chi connectivity index (χ1v) is 7.85. The Balaban J connectivity index is 1.87. The molecule has 0 saturated heterocycles. The smallest absolute Gasteiger partial charge is 0.226 e. The van der Waals surface area contributed by atoms with Gasteiger partial charge in [0.2, 0.25) is 5.91 Å². The van der Waals surface area contributed by atoms with Crippen molar-refractivity contribution in [3.8, 4) is 0 Å². The molecule has 0 radical (unpaired) electrons. The van der Waals surface area contributed by atoms with Crippen molar-refractivity contribution in [2.45, 2.75) is 46.0 Å². The lowest BCUT2D eigenvalue weighted by molar-refractivity contribution is -0.120. The number of aliphatic hydroxyl groups is 1. The molecule has 5 heteroatoms. The first-order chi connectivity index (χ1) is 10.6. The summed E-state index contributed by atoms with van der Waals surface area (Å²) >= 11 is 0. The monoisotopic (exact) mass is 304 g/mol. The SMILES string of the molecule is Cc1cc(C)c2c(CC(=O)NCCCCCCO)noc2c1. The maximum absolute atomic E-state index is 12.0. The predicted molar refractivity (Wildman–Crippen MR) is 85.8 cm³/mol. The van der Waals surface area contributed by atoms with E-state index in [9.17, 15) is 4.79 Å². The molecule has 0 atom stereocenters. The van der Waals surface area contributed by atoms with Gasteiger partial charge in [-0.2, -0.15) is 0 Å². The van der Waals surface area contributed by atoms with Gasteiger partial charge in [0.25, 0.3) is 0 Å². The molecular weight excluding hydrogens is 280 g/mol. The first-order valence-electron chi connectivity index (χ1n) is 7.85.